The topological polar surface area (TPSA) is 86.6 Å². The second-order valence-corrected chi connectivity index (χ2v) is 28.8. The molecule has 0 atom stereocenters. The molecule has 2 aliphatic heterocycles. The van der Waals surface area contributed by atoms with Crippen molar-refractivity contribution in [2.75, 3.05) is 0 Å². The van der Waals surface area contributed by atoms with Gasteiger partial charge in [0.05, 0.1) is 0 Å². The van der Waals surface area contributed by atoms with Gasteiger partial charge in [0.1, 0.15) is 23.0 Å². The number of nitrogens with zero attached hydrogens (tertiary/aromatic N) is 1. The molecule has 89 heavy (non-hydrogen) atoms. The molecule has 18 rings (SSSR count). The molecule has 0 saturated carbocycles. The minimum atomic E-state index is -5.11. The van der Waals surface area contributed by atoms with E-state index in [2.05, 4.69) is 194 Å². The number of hydrogen-bond donors (Lipinski definition) is 1. The molecule has 0 bridgehead atoms. The third-order valence-electron chi connectivity index (χ3n) is 20.3. The van der Waals surface area contributed by atoms with E-state index in [1.54, 1.807) is 0 Å². The van der Waals surface area contributed by atoms with E-state index in [0.29, 0.717) is 23.0 Å². The molecule has 7 nitrogen and oxygen atoms in total. The maximum absolute atomic E-state index is 17.8. The van der Waals surface area contributed by atoms with E-state index in [9.17, 15) is 4.89 Å². The Morgan fingerprint density at radius 2 is 0.539 bits per heavy atom. The lowest BCUT2D eigenvalue weighted by Gasteiger charge is -2.28. The van der Waals surface area contributed by atoms with E-state index in [1.165, 1.54) is 44.5 Å². The van der Waals surface area contributed by atoms with Crippen LogP contribution < -0.4 is 18.1 Å². The summed E-state index contributed by atoms with van der Waals surface area (Å²) in [5.41, 5.74) is 20.6. The van der Waals surface area contributed by atoms with Crippen LogP contribution in [0, 0.1) is 0 Å². The van der Waals surface area contributed by atoms with Gasteiger partial charge in [-0.2, -0.15) is 0 Å². The summed E-state index contributed by atoms with van der Waals surface area (Å²) in [6, 6.07) is 68.7. The molecular formula is C80H65NO6P2. The van der Waals surface area contributed by atoms with E-state index in [4.69, 9.17) is 22.6 Å². The first-order valence-electron chi connectivity index (χ1n) is 32.3. The number of benzene rings is 12. The third-order valence-corrected chi connectivity index (χ3v) is 23.7. The normalized spacial score (nSPS) is 16.7. The molecule has 0 spiro atoms. The fourth-order valence-corrected chi connectivity index (χ4v) is 19.8. The number of aryl methyl sites for hydroxylation is 4. The summed E-state index contributed by atoms with van der Waals surface area (Å²) in [7, 11) is -10.0. The first-order valence-corrected chi connectivity index (χ1v) is 35.3. The van der Waals surface area contributed by atoms with Crippen LogP contribution in [0.2, 0.25) is 0 Å². The van der Waals surface area contributed by atoms with Crippen LogP contribution >= 0.6 is 15.5 Å². The smallest absolute Gasteiger partial charge is 0.408 e. The molecule has 0 unspecified atom stereocenters. The SMILES string of the molecule is O=P1(N=P2(O)Oc3c(-c4cccc5ccccc45)cc4c(c3-c3c5c(cc(-c6cccc7ccccc67)c3O2)CCCC5)CCCC4)Oc2c(-c3cccc4ccccc34)cc3c(c2-c2c4c(cc(-c5cccc6ccccc56)c2O1)CCCC4)CCCC3. The van der Waals surface area contributed by atoms with Gasteiger partial charge in [-0.15, -0.1) is 0 Å². The maximum atomic E-state index is 17.8. The summed E-state index contributed by atoms with van der Waals surface area (Å²) in [6.45, 7) is 0. The molecule has 6 aliphatic rings. The number of fused-ring (bicyclic) bond motifs is 18. The summed E-state index contributed by atoms with van der Waals surface area (Å²) in [5.74, 6) is 1.82. The highest BCUT2D eigenvalue weighted by atomic mass is 31.2. The van der Waals surface area contributed by atoms with E-state index >= 15 is 4.57 Å². The Hall–Kier alpha value is -8.70. The van der Waals surface area contributed by atoms with Crippen molar-refractivity contribution < 1.29 is 27.6 Å². The lowest BCUT2D eigenvalue weighted by atomic mass is 9.77. The molecule has 0 aromatic heterocycles. The van der Waals surface area contributed by atoms with Gasteiger partial charge in [-0.1, -0.05) is 174 Å². The Bertz CT molecular complexity index is 4810. The Kier molecular flexibility index (Phi) is 12.6. The summed E-state index contributed by atoms with van der Waals surface area (Å²) in [6.07, 6.45) is 15.0. The summed E-state index contributed by atoms with van der Waals surface area (Å²) in [5, 5.41) is 8.53. The molecular weight excluding hydrogens is 1130 g/mol. The first-order chi connectivity index (χ1) is 43.8. The number of hydrogen-bond acceptors (Lipinski definition) is 5. The Morgan fingerprint density at radius 1 is 0.292 bits per heavy atom. The highest BCUT2D eigenvalue weighted by Gasteiger charge is 2.47. The van der Waals surface area contributed by atoms with Gasteiger partial charge >= 0.3 is 15.5 Å². The van der Waals surface area contributed by atoms with Crippen LogP contribution in [0.3, 0.4) is 0 Å². The van der Waals surface area contributed by atoms with Gasteiger partial charge in [0.2, 0.25) is 0 Å². The van der Waals surface area contributed by atoms with Gasteiger partial charge in [-0.3, -0.25) is 4.89 Å². The zero-order valence-corrected chi connectivity index (χ0v) is 51.4. The molecule has 12 aromatic rings. The molecule has 12 aromatic carbocycles. The molecule has 4 aliphatic carbocycles. The lowest BCUT2D eigenvalue weighted by Crippen LogP contribution is -2.10. The Balaban J connectivity index is 0.979. The van der Waals surface area contributed by atoms with Gasteiger partial charge in [0.25, 0.3) is 0 Å². The zero-order chi connectivity index (χ0) is 59.0. The highest BCUT2D eigenvalue weighted by Crippen LogP contribution is 2.71. The van der Waals surface area contributed by atoms with Gasteiger partial charge in [0, 0.05) is 44.5 Å². The minimum absolute atomic E-state index is 0.439. The van der Waals surface area contributed by atoms with Crippen LogP contribution in [0.1, 0.15) is 95.9 Å². The van der Waals surface area contributed by atoms with E-state index < -0.39 is 15.5 Å². The van der Waals surface area contributed by atoms with Crippen molar-refractivity contribution in [3.8, 4) is 89.8 Å². The quantitative estimate of drug-likeness (QED) is 0.173. The van der Waals surface area contributed by atoms with Gasteiger partial charge in [-0.05, 0) is 237 Å². The van der Waals surface area contributed by atoms with Crippen molar-refractivity contribution in [1.82, 2.24) is 0 Å². The second-order valence-electron chi connectivity index (χ2n) is 25.4. The van der Waals surface area contributed by atoms with Crippen LogP contribution in [0.25, 0.3) is 110 Å². The molecule has 0 saturated heterocycles. The van der Waals surface area contributed by atoms with E-state index in [1.807, 2.05) is 0 Å². The minimum Gasteiger partial charge on any atom is -0.408 e. The van der Waals surface area contributed by atoms with Gasteiger partial charge in [0.15, 0.2) is 0 Å². The summed E-state index contributed by atoms with van der Waals surface area (Å²) < 4.78 is 53.7. The lowest BCUT2D eigenvalue weighted by molar-refractivity contribution is 0.361. The molecule has 0 amide bonds. The highest BCUT2D eigenvalue weighted by molar-refractivity contribution is 7.64. The van der Waals surface area contributed by atoms with Crippen LogP contribution in [0.4, 0.5) is 0 Å². The van der Waals surface area contributed by atoms with Crippen molar-refractivity contribution in [2.45, 2.75) is 103 Å². The monoisotopic (exact) mass is 1200 g/mol. The van der Waals surface area contributed by atoms with Gasteiger partial charge < -0.3 is 18.1 Å². The fraction of sp³-hybridized carbons (Fsp3) is 0.200. The maximum Gasteiger partial charge on any atom is 0.569 e. The van der Waals surface area contributed by atoms with Crippen LogP contribution in [0.15, 0.2) is 199 Å². The first kappa shape index (κ1) is 53.3. The van der Waals surface area contributed by atoms with Crippen molar-refractivity contribution in [1.29, 1.82) is 0 Å². The molecule has 0 fully saturated rings. The Morgan fingerprint density at radius 3 is 0.831 bits per heavy atom. The fourth-order valence-electron chi connectivity index (χ4n) is 16.3. The second kappa shape index (κ2) is 21.0. The largest absolute Gasteiger partial charge is 0.569 e. The zero-order valence-electron chi connectivity index (χ0n) is 49.6. The van der Waals surface area contributed by atoms with Crippen LogP contribution in [-0.4, -0.2) is 4.89 Å². The van der Waals surface area contributed by atoms with Crippen molar-refractivity contribution in [3.05, 3.63) is 239 Å². The predicted octanol–water partition coefficient (Wildman–Crippen LogP) is 22.1. The van der Waals surface area contributed by atoms with Crippen molar-refractivity contribution >= 4 is 58.6 Å². The van der Waals surface area contributed by atoms with Crippen molar-refractivity contribution in [2.24, 2.45) is 4.52 Å². The molecule has 1 N–H and O–H groups in total. The van der Waals surface area contributed by atoms with E-state index in [0.717, 1.165) is 213 Å². The molecule has 9 heteroatoms. The molecule has 2 heterocycles. The predicted molar refractivity (Wildman–Crippen MR) is 364 cm³/mol. The summed E-state index contributed by atoms with van der Waals surface area (Å²) >= 11 is 0. The Labute approximate surface area is 518 Å². The third kappa shape index (κ3) is 8.71. The summed E-state index contributed by atoms with van der Waals surface area (Å²) in [4.78, 5) is 14.6. The number of rotatable bonds is 5. The molecule has 0 radical (unpaired) electrons. The molecule has 436 valence electrons. The van der Waals surface area contributed by atoms with Crippen molar-refractivity contribution in [3.63, 3.8) is 0 Å². The van der Waals surface area contributed by atoms with Crippen LogP contribution in [-0.2, 0) is 55.9 Å². The van der Waals surface area contributed by atoms with E-state index in [-0.39, 0.29) is 0 Å². The standard InChI is InChI=1S/C80H65NO6P2/c82-88(84-77-69(65-41-17-29-49-21-1-9-33-57(49)65)45-53-25-5-13-37-61(53)73(77)74-62-38-14-6-26-54(62)46-70(78(74)85-88)66-42-18-30-50-22-2-10-34-58(50)66)81-89(83)86-79-71(67-43-19-31-51-23-3-11-35-59(51)67)47-55-27-7-15-39-63(55)75(79)76-64-40-16-8-28-56(64)48-72(80(76)87-89)68-44-20-32-52-24-4-12-36-60(52)68/h1-4,9-12,17-24,29-36,41-48,82H,5-8,13-16,25-28,37-40H2. The van der Waals surface area contributed by atoms with Gasteiger partial charge in [-0.25, -0.2) is 4.57 Å². The average molecular weight is 1200 g/mol. The van der Waals surface area contributed by atoms with Crippen LogP contribution in [0.5, 0.6) is 23.0 Å². The average Bonchev–Trinajstić information content (AvgIpc) is 1.71.